The first-order valence-corrected chi connectivity index (χ1v) is 5.76. The molecule has 0 spiro atoms. The largest absolute Gasteiger partial charge is 0.299 e. The highest BCUT2D eigenvalue weighted by Gasteiger charge is 2.24. The Kier molecular flexibility index (Phi) is 4.54. The minimum absolute atomic E-state index is 0.0844. The fourth-order valence-electron chi connectivity index (χ4n) is 2.26. The number of Topliss-reactive ketones (excluding diaryl/α,β-unsaturated/α-hetero) is 1. The monoisotopic (exact) mass is 204 g/mol. The van der Waals surface area contributed by atoms with Gasteiger partial charge in [0.1, 0.15) is 5.78 Å². The van der Waals surface area contributed by atoms with E-state index in [1.807, 2.05) is 18.2 Å². The molecule has 1 aromatic carbocycles. The smallest absolute Gasteiger partial charge is 0.137 e. The third-order valence-electron chi connectivity index (χ3n) is 3.12. The van der Waals surface area contributed by atoms with E-state index in [-0.39, 0.29) is 11.7 Å². The van der Waals surface area contributed by atoms with Gasteiger partial charge in [-0.25, -0.2) is 0 Å². The van der Waals surface area contributed by atoms with Crippen LogP contribution in [0.5, 0.6) is 0 Å². The number of carbonyl (C=O) groups excluding carboxylic acids is 1. The Morgan fingerprint density at radius 3 is 2.07 bits per heavy atom. The van der Waals surface area contributed by atoms with Crippen LogP contribution in [0, 0.1) is 5.92 Å². The number of hydrogen-bond donors (Lipinski definition) is 0. The Morgan fingerprint density at radius 1 is 1.13 bits per heavy atom. The summed E-state index contributed by atoms with van der Waals surface area (Å²) in [6, 6.07) is 10.1. The summed E-state index contributed by atoms with van der Waals surface area (Å²) in [7, 11) is 0. The summed E-state index contributed by atoms with van der Waals surface area (Å²) in [5, 5.41) is 0. The first-order chi connectivity index (χ1) is 7.20. The molecule has 82 valence electrons. The van der Waals surface area contributed by atoms with Crippen molar-refractivity contribution >= 4 is 5.78 Å². The van der Waals surface area contributed by atoms with Crippen molar-refractivity contribution in [2.75, 3.05) is 0 Å². The van der Waals surface area contributed by atoms with Gasteiger partial charge in [0.15, 0.2) is 0 Å². The van der Waals surface area contributed by atoms with Crippen molar-refractivity contribution in [2.45, 2.75) is 39.5 Å². The maximum atomic E-state index is 11.7. The van der Waals surface area contributed by atoms with Gasteiger partial charge in [-0.15, -0.1) is 0 Å². The van der Waals surface area contributed by atoms with Crippen molar-refractivity contribution in [3.8, 4) is 0 Å². The molecule has 0 aliphatic rings. The molecule has 1 heteroatoms. The van der Waals surface area contributed by atoms with Crippen molar-refractivity contribution < 1.29 is 4.79 Å². The predicted octanol–water partition coefficient (Wildman–Crippen LogP) is 3.80. The normalized spacial score (nSPS) is 12.8. The van der Waals surface area contributed by atoms with E-state index in [2.05, 4.69) is 26.0 Å². The number of ketones is 1. The van der Waals surface area contributed by atoms with Gasteiger partial charge >= 0.3 is 0 Å². The van der Waals surface area contributed by atoms with E-state index in [0.717, 1.165) is 12.8 Å². The van der Waals surface area contributed by atoms with Crippen LogP contribution in [0.2, 0.25) is 0 Å². The molecule has 0 saturated carbocycles. The Balaban J connectivity index is 2.97. The molecular weight excluding hydrogens is 184 g/mol. The van der Waals surface area contributed by atoms with Crippen LogP contribution in [0.25, 0.3) is 0 Å². The van der Waals surface area contributed by atoms with Gasteiger partial charge in [-0.1, -0.05) is 57.0 Å². The highest BCUT2D eigenvalue weighted by Crippen LogP contribution is 2.30. The lowest BCUT2D eigenvalue weighted by molar-refractivity contribution is -0.119. The van der Waals surface area contributed by atoms with Crippen molar-refractivity contribution in [3.63, 3.8) is 0 Å². The molecule has 1 aromatic rings. The molecule has 0 aliphatic carbocycles. The van der Waals surface area contributed by atoms with Crippen LogP contribution in [-0.4, -0.2) is 5.78 Å². The van der Waals surface area contributed by atoms with E-state index < -0.39 is 0 Å². The third-order valence-corrected chi connectivity index (χ3v) is 3.12. The van der Waals surface area contributed by atoms with Crippen LogP contribution >= 0.6 is 0 Å². The van der Waals surface area contributed by atoms with Gasteiger partial charge in [-0.05, 0) is 18.4 Å². The molecule has 0 aromatic heterocycles. The summed E-state index contributed by atoms with van der Waals surface area (Å²) in [4.78, 5) is 11.7. The van der Waals surface area contributed by atoms with Crippen molar-refractivity contribution in [3.05, 3.63) is 35.9 Å². The minimum Gasteiger partial charge on any atom is -0.299 e. The van der Waals surface area contributed by atoms with Crippen LogP contribution in [0.15, 0.2) is 30.3 Å². The standard InChI is InChI=1S/C14H20O/c1-4-12(5-2)14(11(3)15)13-9-7-6-8-10-13/h6-10,12,14H,4-5H2,1-3H3/t14-/m1/s1. The second-order valence-corrected chi connectivity index (χ2v) is 4.08. The van der Waals surface area contributed by atoms with Gasteiger partial charge in [-0.2, -0.15) is 0 Å². The highest BCUT2D eigenvalue weighted by atomic mass is 16.1. The fourth-order valence-corrected chi connectivity index (χ4v) is 2.26. The van der Waals surface area contributed by atoms with Gasteiger partial charge in [-0.3, -0.25) is 4.79 Å². The molecule has 15 heavy (non-hydrogen) atoms. The zero-order valence-electron chi connectivity index (χ0n) is 9.86. The van der Waals surface area contributed by atoms with Crippen molar-refractivity contribution in [1.29, 1.82) is 0 Å². The van der Waals surface area contributed by atoms with Crippen LogP contribution in [0.4, 0.5) is 0 Å². The third kappa shape index (κ3) is 2.92. The molecular formula is C14H20O. The number of rotatable bonds is 5. The second-order valence-electron chi connectivity index (χ2n) is 4.08. The lowest BCUT2D eigenvalue weighted by atomic mass is 9.80. The maximum absolute atomic E-state index is 11.7. The minimum atomic E-state index is 0.0844. The summed E-state index contributed by atoms with van der Waals surface area (Å²) in [6.45, 7) is 6.02. The van der Waals surface area contributed by atoms with E-state index in [1.54, 1.807) is 6.92 Å². The van der Waals surface area contributed by atoms with Crippen LogP contribution in [-0.2, 0) is 4.79 Å². The van der Waals surface area contributed by atoms with E-state index in [1.165, 1.54) is 5.56 Å². The average molecular weight is 204 g/mol. The fraction of sp³-hybridized carbons (Fsp3) is 0.500. The Bertz CT molecular complexity index is 298. The number of carbonyl (C=O) groups is 1. The SMILES string of the molecule is CCC(CC)[C@@H](C(C)=O)c1ccccc1. The molecule has 1 nitrogen and oxygen atoms in total. The summed E-state index contributed by atoms with van der Waals surface area (Å²) in [5.74, 6) is 0.848. The Labute approximate surface area is 92.5 Å². The predicted molar refractivity (Wildman–Crippen MR) is 63.9 cm³/mol. The molecule has 0 N–H and O–H groups in total. The molecule has 0 fully saturated rings. The molecule has 0 bridgehead atoms. The summed E-state index contributed by atoms with van der Waals surface area (Å²) < 4.78 is 0. The van der Waals surface area contributed by atoms with Crippen molar-refractivity contribution in [2.24, 2.45) is 5.92 Å². The molecule has 0 unspecified atom stereocenters. The number of hydrogen-bond acceptors (Lipinski definition) is 1. The molecule has 1 atom stereocenters. The van der Waals surface area contributed by atoms with Crippen LogP contribution in [0.3, 0.4) is 0 Å². The first-order valence-electron chi connectivity index (χ1n) is 5.76. The van der Waals surface area contributed by atoms with Crippen LogP contribution in [0.1, 0.15) is 45.1 Å². The Morgan fingerprint density at radius 2 is 1.67 bits per heavy atom. The summed E-state index contributed by atoms with van der Waals surface area (Å²) in [5.41, 5.74) is 1.17. The van der Waals surface area contributed by atoms with Gasteiger partial charge in [0.05, 0.1) is 0 Å². The lowest BCUT2D eigenvalue weighted by Gasteiger charge is -2.23. The molecule has 0 radical (unpaired) electrons. The number of benzene rings is 1. The Hall–Kier alpha value is -1.11. The second kappa shape index (κ2) is 5.69. The topological polar surface area (TPSA) is 17.1 Å². The van der Waals surface area contributed by atoms with Crippen molar-refractivity contribution in [1.82, 2.24) is 0 Å². The van der Waals surface area contributed by atoms with Gasteiger partial charge in [0.2, 0.25) is 0 Å². The molecule has 1 rings (SSSR count). The maximum Gasteiger partial charge on any atom is 0.137 e. The highest BCUT2D eigenvalue weighted by molar-refractivity contribution is 5.83. The average Bonchev–Trinajstić information content (AvgIpc) is 2.26. The quantitative estimate of drug-likeness (QED) is 0.713. The zero-order chi connectivity index (χ0) is 11.3. The van der Waals surface area contributed by atoms with E-state index in [9.17, 15) is 4.79 Å². The first kappa shape index (κ1) is 12.0. The summed E-state index contributed by atoms with van der Waals surface area (Å²) >= 11 is 0. The van der Waals surface area contributed by atoms with Crippen LogP contribution < -0.4 is 0 Å². The lowest BCUT2D eigenvalue weighted by Crippen LogP contribution is -2.18. The van der Waals surface area contributed by atoms with E-state index >= 15 is 0 Å². The molecule has 0 saturated heterocycles. The molecule has 0 heterocycles. The molecule has 0 amide bonds. The van der Waals surface area contributed by atoms with Gasteiger partial charge in [0.25, 0.3) is 0 Å². The zero-order valence-corrected chi connectivity index (χ0v) is 9.86. The van der Waals surface area contributed by atoms with Gasteiger partial charge < -0.3 is 0 Å². The summed E-state index contributed by atoms with van der Waals surface area (Å²) in [6.07, 6.45) is 2.13. The van der Waals surface area contributed by atoms with E-state index in [4.69, 9.17) is 0 Å². The van der Waals surface area contributed by atoms with E-state index in [0.29, 0.717) is 5.92 Å². The van der Waals surface area contributed by atoms with Gasteiger partial charge in [0, 0.05) is 5.92 Å². The molecule has 0 aliphatic heterocycles.